The van der Waals surface area contributed by atoms with Crippen molar-refractivity contribution in [3.8, 4) is 11.3 Å². The van der Waals surface area contributed by atoms with Crippen molar-refractivity contribution in [3.05, 3.63) is 46.6 Å². The molecule has 0 aliphatic heterocycles. The summed E-state index contributed by atoms with van der Waals surface area (Å²) in [4.78, 5) is 22.8. The number of carbonyl (C=O) groups is 1. The minimum Gasteiger partial charge on any atom is -0.287 e. The molecule has 0 unspecified atom stereocenters. The molecule has 0 bridgehead atoms. The lowest BCUT2D eigenvalue weighted by Gasteiger charge is -2.16. The summed E-state index contributed by atoms with van der Waals surface area (Å²) < 4.78 is 9.14. The Balaban J connectivity index is 2.00. The van der Waals surface area contributed by atoms with Gasteiger partial charge in [0.15, 0.2) is 0 Å². The van der Waals surface area contributed by atoms with Crippen LogP contribution < -0.4 is 0 Å². The Morgan fingerprint density at radius 1 is 0.741 bits per heavy atom. The number of hydrogen-bond donors (Lipinski definition) is 0. The van der Waals surface area contributed by atoms with Gasteiger partial charge in [-0.25, -0.2) is 9.97 Å². The second-order valence-corrected chi connectivity index (χ2v) is 8.12. The van der Waals surface area contributed by atoms with Gasteiger partial charge in [0, 0.05) is 22.3 Å². The minimum absolute atomic E-state index is 0.0488. The highest BCUT2D eigenvalue weighted by Gasteiger charge is 2.32. The van der Waals surface area contributed by atoms with Crippen molar-refractivity contribution >= 4 is 39.6 Å². The molecule has 2 aromatic heterocycles. The van der Waals surface area contributed by atoms with Crippen LogP contribution in [0.1, 0.15) is 66.7 Å². The van der Waals surface area contributed by atoms with Crippen LogP contribution in [0.5, 0.6) is 0 Å². The van der Waals surface area contributed by atoms with Crippen LogP contribution >= 0.6 is 11.7 Å². The van der Waals surface area contributed by atoms with Crippen molar-refractivity contribution in [2.75, 3.05) is 0 Å². The molecule has 27 heavy (non-hydrogen) atoms. The summed E-state index contributed by atoms with van der Waals surface area (Å²) in [6.07, 6.45) is 0. The van der Waals surface area contributed by atoms with Crippen LogP contribution in [0.3, 0.4) is 0 Å². The molecule has 1 aliphatic rings. The van der Waals surface area contributed by atoms with E-state index in [1.165, 1.54) is 11.7 Å². The summed E-state index contributed by atoms with van der Waals surface area (Å²) in [5, 5.41) is 0. The highest BCUT2D eigenvalue weighted by atomic mass is 32.1. The third kappa shape index (κ3) is 2.13. The molecule has 0 spiro atoms. The SMILES string of the molecule is CC(C)c1c2nsnc2c(C(C)C)c2nc3c(nc12)C(=O)c1ccccc1-3. The van der Waals surface area contributed by atoms with E-state index >= 15 is 0 Å². The predicted octanol–water partition coefficient (Wildman–Crippen LogP) is 5.09. The van der Waals surface area contributed by atoms with Gasteiger partial charge < -0.3 is 0 Å². The molecule has 0 N–H and O–H groups in total. The van der Waals surface area contributed by atoms with Gasteiger partial charge in [0.05, 0.1) is 22.8 Å². The fraction of sp³-hybridized carbons (Fsp3) is 0.286. The lowest BCUT2D eigenvalue weighted by molar-refractivity contribution is 0.103. The Morgan fingerprint density at radius 2 is 1.26 bits per heavy atom. The fourth-order valence-electron chi connectivity index (χ4n) is 4.03. The van der Waals surface area contributed by atoms with Crippen LogP contribution in [0.15, 0.2) is 24.3 Å². The number of fused-ring (bicyclic) bond motifs is 5. The first-order valence-electron chi connectivity index (χ1n) is 9.13. The Labute approximate surface area is 160 Å². The van der Waals surface area contributed by atoms with Gasteiger partial charge >= 0.3 is 0 Å². The van der Waals surface area contributed by atoms with Gasteiger partial charge in [-0.05, 0) is 11.8 Å². The molecule has 134 valence electrons. The summed E-state index contributed by atoms with van der Waals surface area (Å²) in [5.41, 5.74) is 8.20. The minimum atomic E-state index is -0.0488. The summed E-state index contributed by atoms with van der Waals surface area (Å²) in [6, 6.07) is 7.61. The molecule has 0 radical (unpaired) electrons. The largest absolute Gasteiger partial charge is 0.287 e. The summed E-state index contributed by atoms with van der Waals surface area (Å²) in [7, 11) is 0. The van der Waals surface area contributed by atoms with Crippen LogP contribution in [0.2, 0.25) is 0 Å². The van der Waals surface area contributed by atoms with Crippen molar-refractivity contribution in [1.29, 1.82) is 0 Å². The van der Waals surface area contributed by atoms with Crippen LogP contribution in [-0.4, -0.2) is 24.5 Å². The molecule has 6 heteroatoms. The lowest BCUT2D eigenvalue weighted by atomic mass is 9.92. The zero-order chi connectivity index (χ0) is 18.9. The maximum Gasteiger partial charge on any atom is 0.214 e. The number of hydrogen-bond acceptors (Lipinski definition) is 6. The number of aromatic nitrogens is 4. The van der Waals surface area contributed by atoms with Gasteiger partial charge in [-0.3, -0.25) is 4.79 Å². The van der Waals surface area contributed by atoms with Crippen LogP contribution in [-0.2, 0) is 0 Å². The normalized spacial score (nSPS) is 13.2. The van der Waals surface area contributed by atoms with Gasteiger partial charge in [-0.1, -0.05) is 52.0 Å². The molecule has 2 heterocycles. The Hall–Kier alpha value is -2.73. The second kappa shape index (κ2) is 5.63. The molecule has 0 fully saturated rings. The average molecular weight is 374 g/mol. The summed E-state index contributed by atoms with van der Waals surface area (Å²) >= 11 is 1.22. The molecule has 1 aliphatic carbocycles. The molecular weight excluding hydrogens is 356 g/mol. The number of ketones is 1. The third-order valence-corrected chi connectivity index (χ3v) is 5.73. The van der Waals surface area contributed by atoms with Crippen LogP contribution in [0, 0.1) is 0 Å². The summed E-state index contributed by atoms with van der Waals surface area (Å²) in [6.45, 7) is 8.51. The molecule has 2 aromatic carbocycles. The molecule has 5 nitrogen and oxygen atoms in total. The average Bonchev–Trinajstić information content (AvgIpc) is 3.21. The molecule has 4 aromatic rings. The first kappa shape index (κ1) is 16.4. The van der Waals surface area contributed by atoms with Crippen molar-refractivity contribution in [2.45, 2.75) is 39.5 Å². The monoisotopic (exact) mass is 374 g/mol. The van der Waals surface area contributed by atoms with E-state index in [1.807, 2.05) is 24.3 Å². The van der Waals surface area contributed by atoms with Crippen LogP contribution in [0.4, 0.5) is 0 Å². The van der Waals surface area contributed by atoms with Gasteiger partial charge in [0.2, 0.25) is 5.78 Å². The van der Waals surface area contributed by atoms with Gasteiger partial charge in [-0.2, -0.15) is 8.75 Å². The molecule has 0 saturated carbocycles. The van der Waals surface area contributed by atoms with Gasteiger partial charge in [0.25, 0.3) is 0 Å². The first-order chi connectivity index (χ1) is 13.0. The maximum absolute atomic E-state index is 12.9. The lowest BCUT2D eigenvalue weighted by Crippen LogP contribution is -2.06. The molecule has 0 atom stereocenters. The maximum atomic E-state index is 12.9. The number of benzene rings is 2. The predicted molar refractivity (Wildman–Crippen MR) is 108 cm³/mol. The zero-order valence-electron chi connectivity index (χ0n) is 15.6. The molecule has 5 rings (SSSR count). The first-order valence-corrected chi connectivity index (χ1v) is 9.86. The van der Waals surface area contributed by atoms with E-state index in [0.29, 0.717) is 17.0 Å². The standard InChI is InChI=1S/C21H18N4OS/c1-9(2)13-16-17(14(10(3)4)19-18(13)24-27-25-19)23-20-15(22-16)11-7-5-6-8-12(11)21(20)26/h5-10H,1-4H3. The van der Waals surface area contributed by atoms with E-state index in [1.54, 1.807) is 0 Å². The second-order valence-electron chi connectivity index (χ2n) is 7.59. The quantitative estimate of drug-likeness (QED) is 0.430. The molecule has 0 saturated heterocycles. The Bertz CT molecular complexity index is 1260. The van der Waals surface area contributed by atoms with E-state index in [4.69, 9.17) is 9.97 Å². The number of rotatable bonds is 2. The van der Waals surface area contributed by atoms with E-state index in [0.717, 1.165) is 38.8 Å². The van der Waals surface area contributed by atoms with E-state index < -0.39 is 0 Å². The van der Waals surface area contributed by atoms with Crippen molar-refractivity contribution in [3.63, 3.8) is 0 Å². The molecule has 0 amide bonds. The van der Waals surface area contributed by atoms with E-state index in [9.17, 15) is 4.79 Å². The highest BCUT2D eigenvalue weighted by molar-refractivity contribution is 7.00. The van der Waals surface area contributed by atoms with Crippen molar-refractivity contribution < 1.29 is 4.79 Å². The van der Waals surface area contributed by atoms with Crippen molar-refractivity contribution in [1.82, 2.24) is 18.7 Å². The Morgan fingerprint density at radius 3 is 1.81 bits per heavy atom. The zero-order valence-corrected chi connectivity index (χ0v) is 16.4. The topological polar surface area (TPSA) is 68.6 Å². The van der Waals surface area contributed by atoms with Crippen LogP contribution in [0.25, 0.3) is 33.3 Å². The van der Waals surface area contributed by atoms with Gasteiger partial charge in [0.1, 0.15) is 22.4 Å². The Kier molecular flexibility index (Phi) is 3.43. The van der Waals surface area contributed by atoms with E-state index in [2.05, 4.69) is 36.4 Å². The summed E-state index contributed by atoms with van der Waals surface area (Å²) in [5.74, 6) is 0.374. The highest BCUT2D eigenvalue weighted by Crippen LogP contribution is 2.41. The number of nitrogens with zero attached hydrogens (tertiary/aromatic N) is 4. The van der Waals surface area contributed by atoms with Crippen molar-refractivity contribution in [2.24, 2.45) is 0 Å². The smallest absolute Gasteiger partial charge is 0.214 e. The number of carbonyl (C=O) groups excluding carboxylic acids is 1. The van der Waals surface area contributed by atoms with E-state index in [-0.39, 0.29) is 17.6 Å². The third-order valence-electron chi connectivity index (χ3n) is 5.20. The van der Waals surface area contributed by atoms with Gasteiger partial charge in [-0.15, -0.1) is 0 Å². The fourth-order valence-corrected chi connectivity index (χ4v) is 4.61. The molecular formula is C21H18N4OS.